The molecule has 0 radical (unpaired) electrons. The number of benzene rings is 1. The van der Waals surface area contributed by atoms with Crippen molar-refractivity contribution in [1.29, 1.82) is 0 Å². The maximum Gasteiger partial charge on any atom is 0.0728 e. The third kappa shape index (κ3) is 2.15. The Kier molecular flexibility index (Phi) is 3.08. The van der Waals surface area contributed by atoms with Gasteiger partial charge in [0, 0.05) is 18.9 Å². The maximum atomic E-state index is 10.2. The molecule has 0 aliphatic heterocycles. The summed E-state index contributed by atoms with van der Waals surface area (Å²) in [7, 11) is 1.96. The van der Waals surface area contributed by atoms with E-state index in [0.29, 0.717) is 6.42 Å². The molecule has 18 heavy (non-hydrogen) atoms. The molecular weight excluding hydrogens is 224 g/mol. The van der Waals surface area contributed by atoms with Crippen LogP contribution in [0.25, 0.3) is 10.9 Å². The number of aliphatic hydroxyl groups excluding tert-OH is 1. The van der Waals surface area contributed by atoms with Gasteiger partial charge in [-0.05, 0) is 18.4 Å². The topological polar surface area (TPSA) is 38.0 Å². The average molecular weight is 244 g/mol. The van der Waals surface area contributed by atoms with Gasteiger partial charge in [-0.15, -0.1) is 0 Å². The first-order chi connectivity index (χ1) is 8.74. The van der Waals surface area contributed by atoms with Crippen LogP contribution in [0.5, 0.6) is 0 Å². The molecule has 1 N–H and O–H groups in total. The molecule has 0 spiro atoms. The highest BCUT2D eigenvalue weighted by molar-refractivity contribution is 5.81. The van der Waals surface area contributed by atoms with Crippen LogP contribution in [-0.2, 0) is 13.5 Å². The number of hydrogen-bond acceptors (Lipinski definition) is 2. The van der Waals surface area contributed by atoms with E-state index in [1.54, 1.807) is 0 Å². The van der Waals surface area contributed by atoms with E-state index >= 15 is 0 Å². The molecule has 0 bridgehead atoms. The Balaban J connectivity index is 1.77. The van der Waals surface area contributed by atoms with Gasteiger partial charge in [-0.2, -0.15) is 5.10 Å². The van der Waals surface area contributed by atoms with Crippen molar-refractivity contribution in [1.82, 2.24) is 9.78 Å². The quantitative estimate of drug-likeness (QED) is 0.898. The Hall–Kier alpha value is -1.35. The molecule has 1 atom stereocenters. The smallest absolute Gasteiger partial charge is 0.0728 e. The van der Waals surface area contributed by atoms with E-state index in [4.69, 9.17) is 0 Å². The summed E-state index contributed by atoms with van der Waals surface area (Å²) in [6, 6.07) is 8.22. The number of fused-ring (bicyclic) bond motifs is 1. The molecule has 1 aromatic heterocycles. The van der Waals surface area contributed by atoms with Crippen LogP contribution >= 0.6 is 0 Å². The van der Waals surface area contributed by atoms with Gasteiger partial charge in [0.25, 0.3) is 0 Å². The Labute approximate surface area is 107 Å². The van der Waals surface area contributed by atoms with Crippen LogP contribution in [0.1, 0.15) is 31.4 Å². The monoisotopic (exact) mass is 244 g/mol. The van der Waals surface area contributed by atoms with Gasteiger partial charge in [0.1, 0.15) is 0 Å². The second-order valence-electron chi connectivity index (χ2n) is 5.48. The fourth-order valence-electron chi connectivity index (χ4n) is 2.86. The van der Waals surface area contributed by atoms with E-state index in [0.717, 1.165) is 23.5 Å². The van der Waals surface area contributed by atoms with Crippen molar-refractivity contribution >= 4 is 10.9 Å². The minimum atomic E-state index is -0.242. The molecule has 0 amide bonds. The Morgan fingerprint density at radius 2 is 2.17 bits per heavy atom. The SMILES string of the molecule is Cn1nc(CC(O)CC2CCC2)c2ccccc21. The molecule has 2 aromatic rings. The van der Waals surface area contributed by atoms with Gasteiger partial charge in [0.15, 0.2) is 0 Å². The van der Waals surface area contributed by atoms with Crippen molar-refractivity contribution in [3.8, 4) is 0 Å². The van der Waals surface area contributed by atoms with Crippen LogP contribution in [0.15, 0.2) is 24.3 Å². The number of aromatic nitrogens is 2. The predicted octanol–water partition coefficient (Wildman–Crippen LogP) is 2.67. The van der Waals surface area contributed by atoms with Gasteiger partial charge in [-0.25, -0.2) is 0 Å². The summed E-state index contributed by atoms with van der Waals surface area (Å²) >= 11 is 0. The van der Waals surface area contributed by atoms with E-state index < -0.39 is 0 Å². The maximum absolute atomic E-state index is 10.2. The van der Waals surface area contributed by atoms with Crippen molar-refractivity contribution < 1.29 is 5.11 Å². The van der Waals surface area contributed by atoms with Gasteiger partial charge < -0.3 is 5.11 Å². The highest BCUT2D eigenvalue weighted by Gasteiger charge is 2.22. The van der Waals surface area contributed by atoms with Gasteiger partial charge >= 0.3 is 0 Å². The Morgan fingerprint density at radius 1 is 1.39 bits per heavy atom. The molecule has 1 fully saturated rings. The minimum absolute atomic E-state index is 0.242. The second-order valence-corrected chi connectivity index (χ2v) is 5.48. The molecule has 3 rings (SSSR count). The molecule has 1 unspecified atom stereocenters. The standard InChI is InChI=1S/C15H20N2O/c1-17-15-8-3-2-7-13(15)14(16-17)10-12(18)9-11-5-4-6-11/h2-3,7-8,11-12,18H,4-6,9-10H2,1H3. The number of hydrogen-bond donors (Lipinski definition) is 1. The Morgan fingerprint density at radius 3 is 2.89 bits per heavy atom. The van der Waals surface area contributed by atoms with E-state index in [2.05, 4.69) is 17.2 Å². The van der Waals surface area contributed by atoms with E-state index in [1.807, 2.05) is 23.9 Å². The van der Waals surface area contributed by atoms with Crippen LogP contribution in [-0.4, -0.2) is 21.0 Å². The Bertz CT molecular complexity index is 542. The molecule has 1 aromatic carbocycles. The lowest BCUT2D eigenvalue weighted by atomic mass is 9.81. The number of aliphatic hydroxyl groups is 1. The first kappa shape index (κ1) is 11.7. The van der Waals surface area contributed by atoms with E-state index in [1.165, 1.54) is 24.6 Å². The number of rotatable bonds is 4. The summed E-state index contributed by atoms with van der Waals surface area (Å²) in [6.45, 7) is 0. The van der Waals surface area contributed by atoms with Crippen molar-refractivity contribution in [2.24, 2.45) is 13.0 Å². The van der Waals surface area contributed by atoms with Gasteiger partial charge in [0.2, 0.25) is 0 Å². The largest absolute Gasteiger partial charge is 0.393 e. The molecule has 1 saturated carbocycles. The molecular formula is C15H20N2O. The van der Waals surface area contributed by atoms with Crippen molar-refractivity contribution in [2.75, 3.05) is 0 Å². The van der Waals surface area contributed by atoms with Crippen LogP contribution < -0.4 is 0 Å². The summed E-state index contributed by atoms with van der Waals surface area (Å²) in [4.78, 5) is 0. The molecule has 1 aliphatic rings. The second kappa shape index (κ2) is 4.73. The third-order valence-corrected chi connectivity index (χ3v) is 4.09. The van der Waals surface area contributed by atoms with Crippen molar-refractivity contribution in [3.05, 3.63) is 30.0 Å². The molecule has 96 valence electrons. The zero-order valence-corrected chi connectivity index (χ0v) is 10.8. The van der Waals surface area contributed by atoms with Crippen LogP contribution in [0.2, 0.25) is 0 Å². The summed E-state index contributed by atoms with van der Waals surface area (Å²) in [6.07, 6.45) is 5.29. The number of para-hydroxylation sites is 1. The molecule has 0 saturated heterocycles. The van der Waals surface area contributed by atoms with Crippen molar-refractivity contribution in [3.63, 3.8) is 0 Å². The summed E-state index contributed by atoms with van der Waals surface area (Å²) in [5.41, 5.74) is 2.17. The zero-order valence-electron chi connectivity index (χ0n) is 10.8. The first-order valence-electron chi connectivity index (χ1n) is 6.82. The van der Waals surface area contributed by atoms with Crippen LogP contribution in [0.3, 0.4) is 0 Å². The lowest BCUT2D eigenvalue weighted by Gasteiger charge is -2.27. The summed E-state index contributed by atoms with van der Waals surface area (Å²) < 4.78 is 1.90. The van der Waals surface area contributed by atoms with Crippen LogP contribution in [0.4, 0.5) is 0 Å². The van der Waals surface area contributed by atoms with Gasteiger partial charge in [-0.1, -0.05) is 37.5 Å². The van der Waals surface area contributed by atoms with Crippen molar-refractivity contribution in [2.45, 2.75) is 38.2 Å². The number of aryl methyl sites for hydroxylation is 1. The van der Waals surface area contributed by atoms with Crippen LogP contribution in [0, 0.1) is 5.92 Å². The molecule has 1 aliphatic carbocycles. The summed E-state index contributed by atoms with van der Waals surface area (Å²) in [5, 5.41) is 15.9. The molecule has 1 heterocycles. The third-order valence-electron chi connectivity index (χ3n) is 4.09. The predicted molar refractivity (Wildman–Crippen MR) is 72.4 cm³/mol. The fraction of sp³-hybridized carbons (Fsp3) is 0.533. The highest BCUT2D eigenvalue weighted by Crippen LogP contribution is 2.31. The van der Waals surface area contributed by atoms with E-state index in [9.17, 15) is 5.11 Å². The lowest BCUT2D eigenvalue weighted by molar-refractivity contribution is 0.117. The average Bonchev–Trinajstić information content (AvgIpc) is 2.62. The molecule has 3 nitrogen and oxygen atoms in total. The van der Waals surface area contributed by atoms with Gasteiger partial charge in [0.05, 0.1) is 17.3 Å². The fourth-order valence-corrected chi connectivity index (χ4v) is 2.86. The van der Waals surface area contributed by atoms with Gasteiger partial charge in [-0.3, -0.25) is 4.68 Å². The first-order valence-corrected chi connectivity index (χ1v) is 6.82. The lowest BCUT2D eigenvalue weighted by Crippen LogP contribution is -2.21. The minimum Gasteiger partial charge on any atom is -0.393 e. The normalized spacial score (nSPS) is 17.9. The number of nitrogens with zero attached hydrogens (tertiary/aromatic N) is 2. The highest BCUT2D eigenvalue weighted by atomic mass is 16.3. The summed E-state index contributed by atoms with van der Waals surface area (Å²) in [5.74, 6) is 0.745. The van der Waals surface area contributed by atoms with E-state index in [-0.39, 0.29) is 6.10 Å². The molecule has 3 heteroatoms. The zero-order chi connectivity index (χ0) is 12.5.